The lowest BCUT2D eigenvalue weighted by molar-refractivity contribution is 0.241. The summed E-state index contributed by atoms with van der Waals surface area (Å²) in [4.78, 5) is 0. The van der Waals surface area contributed by atoms with Gasteiger partial charge in [-0.3, -0.25) is 0 Å². The highest BCUT2D eigenvalue weighted by atomic mass is 16.5. The fourth-order valence-corrected chi connectivity index (χ4v) is 2.18. The van der Waals surface area contributed by atoms with Crippen molar-refractivity contribution in [2.75, 3.05) is 26.4 Å². The molecule has 2 N–H and O–H groups in total. The van der Waals surface area contributed by atoms with E-state index >= 15 is 0 Å². The van der Waals surface area contributed by atoms with E-state index in [9.17, 15) is 0 Å². The van der Waals surface area contributed by atoms with Crippen LogP contribution in [-0.2, 0) is 9.47 Å². The molecule has 0 aromatic carbocycles. The van der Waals surface area contributed by atoms with Crippen molar-refractivity contribution in [2.45, 2.75) is 77.0 Å². The third-order valence-electron chi connectivity index (χ3n) is 3.58. The van der Waals surface area contributed by atoms with Crippen molar-refractivity contribution in [1.29, 1.82) is 0 Å². The molecule has 0 fully saturated rings. The summed E-state index contributed by atoms with van der Waals surface area (Å²) in [6, 6.07) is 0. The summed E-state index contributed by atoms with van der Waals surface area (Å²) in [6.45, 7) is 9.19. The second kappa shape index (κ2) is 26.9. The minimum Gasteiger partial charge on any atom is -0.502 e. The highest BCUT2D eigenvalue weighted by Gasteiger charge is 1.90. The molecule has 0 aliphatic carbocycles. The van der Waals surface area contributed by atoms with Crippen LogP contribution in [0.4, 0.5) is 0 Å². The quantitative estimate of drug-likeness (QED) is 0.272. The van der Waals surface area contributed by atoms with Crippen LogP contribution in [0.2, 0.25) is 0 Å². The fraction of sp³-hybridized carbons (Fsp3) is 0.800. The van der Waals surface area contributed by atoms with Crippen molar-refractivity contribution >= 4 is 0 Å². The predicted octanol–water partition coefficient (Wildman–Crippen LogP) is 4.96. The van der Waals surface area contributed by atoms with Crippen LogP contribution in [0.3, 0.4) is 0 Å². The third-order valence-corrected chi connectivity index (χ3v) is 3.58. The Morgan fingerprint density at radius 3 is 1.08 bits per heavy atom. The van der Waals surface area contributed by atoms with E-state index in [0.29, 0.717) is 13.2 Å². The summed E-state index contributed by atoms with van der Waals surface area (Å²) in [5, 5.41) is 17.0. The van der Waals surface area contributed by atoms with Crippen LogP contribution in [0, 0.1) is 0 Å². The molecule has 0 rings (SSSR count). The van der Waals surface area contributed by atoms with E-state index < -0.39 is 0 Å². The van der Waals surface area contributed by atoms with Gasteiger partial charge >= 0.3 is 0 Å². The number of unbranched alkanes of at least 4 members (excludes halogenated alkanes) is 10. The van der Waals surface area contributed by atoms with Crippen LogP contribution in [-0.4, -0.2) is 36.6 Å². The molecule has 4 heteroatoms. The molecule has 24 heavy (non-hydrogen) atoms. The fourth-order valence-electron chi connectivity index (χ4n) is 2.18. The molecule has 0 spiro atoms. The van der Waals surface area contributed by atoms with E-state index in [-0.39, 0.29) is 0 Å². The first-order valence-electron chi connectivity index (χ1n) is 9.50. The van der Waals surface area contributed by atoms with Crippen LogP contribution < -0.4 is 0 Å². The second-order valence-corrected chi connectivity index (χ2v) is 5.76. The molecule has 0 bridgehead atoms. The molecule has 0 unspecified atom stereocenters. The number of aliphatic hydroxyl groups excluding tert-OH is 2. The number of rotatable bonds is 18. The van der Waals surface area contributed by atoms with Crippen LogP contribution in [0.25, 0.3) is 0 Å². The highest BCUT2D eigenvalue weighted by molar-refractivity contribution is 4.50. The van der Waals surface area contributed by atoms with E-state index in [1.54, 1.807) is 0 Å². The van der Waals surface area contributed by atoms with E-state index in [4.69, 9.17) is 19.7 Å². The van der Waals surface area contributed by atoms with Crippen LogP contribution >= 0.6 is 0 Å². The molecule has 0 aliphatic rings. The average molecular weight is 345 g/mol. The molecule has 0 amide bonds. The Bertz CT molecular complexity index is 208. The Morgan fingerprint density at radius 1 is 0.500 bits per heavy atom. The Balaban J connectivity index is 0. The van der Waals surface area contributed by atoms with Gasteiger partial charge in [-0.15, -0.1) is 0 Å². The van der Waals surface area contributed by atoms with Gasteiger partial charge in [0, 0.05) is 13.2 Å². The zero-order chi connectivity index (χ0) is 18.1. The summed E-state index contributed by atoms with van der Waals surface area (Å²) in [5.74, 6) is 0. The lowest BCUT2D eigenvalue weighted by Crippen LogP contribution is -1.88. The maximum atomic E-state index is 8.51. The molecule has 144 valence electrons. The minimum atomic E-state index is 0.333. The molecular weight excluding hydrogens is 304 g/mol. The standard InChI is InChI=1S/2C10H20O2/c2*1-2-12-10-8-6-4-3-5-7-9-11/h2*2,11H,1,3-10H2. The molecule has 0 saturated carbocycles. The first-order valence-corrected chi connectivity index (χ1v) is 9.50. The molecular formula is C20H40O4. The SMILES string of the molecule is C=COCCCCCCCCO.C=COCCCCCCCCO. The Hall–Kier alpha value is -1.00. The maximum absolute atomic E-state index is 8.51. The zero-order valence-electron chi connectivity index (χ0n) is 15.6. The second-order valence-electron chi connectivity index (χ2n) is 5.76. The van der Waals surface area contributed by atoms with Crippen LogP contribution in [0.5, 0.6) is 0 Å². The van der Waals surface area contributed by atoms with Gasteiger partial charge in [-0.25, -0.2) is 0 Å². The van der Waals surface area contributed by atoms with Gasteiger partial charge < -0.3 is 19.7 Å². The van der Waals surface area contributed by atoms with Crippen molar-refractivity contribution < 1.29 is 19.7 Å². The molecule has 0 radical (unpaired) electrons. The molecule has 0 saturated heterocycles. The summed E-state index contributed by atoms with van der Waals surface area (Å²) >= 11 is 0. The zero-order valence-corrected chi connectivity index (χ0v) is 15.6. The number of aliphatic hydroxyl groups is 2. The number of hydrogen-bond donors (Lipinski definition) is 2. The minimum absolute atomic E-state index is 0.333. The smallest absolute Gasteiger partial charge is 0.0873 e. The largest absolute Gasteiger partial charge is 0.502 e. The van der Waals surface area contributed by atoms with Gasteiger partial charge in [0.25, 0.3) is 0 Å². The normalized spacial score (nSPS) is 9.75. The molecule has 0 aromatic rings. The topological polar surface area (TPSA) is 58.9 Å². The van der Waals surface area contributed by atoms with Gasteiger partial charge in [-0.2, -0.15) is 0 Å². The number of ether oxygens (including phenoxy) is 2. The van der Waals surface area contributed by atoms with E-state index in [1.165, 1.54) is 51.0 Å². The summed E-state index contributed by atoms with van der Waals surface area (Å²) in [7, 11) is 0. The van der Waals surface area contributed by atoms with Crippen molar-refractivity contribution in [3.63, 3.8) is 0 Å². The average Bonchev–Trinajstić information content (AvgIpc) is 2.60. The van der Waals surface area contributed by atoms with Gasteiger partial charge in [0.05, 0.1) is 25.7 Å². The summed E-state index contributed by atoms with van der Waals surface area (Å²) < 4.78 is 9.97. The molecule has 0 heterocycles. The van der Waals surface area contributed by atoms with Crippen molar-refractivity contribution in [2.24, 2.45) is 0 Å². The van der Waals surface area contributed by atoms with Gasteiger partial charge in [-0.05, 0) is 25.7 Å². The van der Waals surface area contributed by atoms with Gasteiger partial charge in [0.15, 0.2) is 0 Å². The summed E-state index contributed by atoms with van der Waals surface area (Å²) in [6.07, 6.45) is 16.8. The van der Waals surface area contributed by atoms with Gasteiger partial charge in [0.2, 0.25) is 0 Å². The monoisotopic (exact) mass is 344 g/mol. The molecule has 0 aliphatic heterocycles. The number of hydrogen-bond acceptors (Lipinski definition) is 4. The molecule has 0 atom stereocenters. The van der Waals surface area contributed by atoms with Crippen molar-refractivity contribution in [3.8, 4) is 0 Å². The molecule has 4 nitrogen and oxygen atoms in total. The van der Waals surface area contributed by atoms with E-state index in [2.05, 4.69) is 13.2 Å². The first-order chi connectivity index (χ1) is 11.8. The third kappa shape index (κ3) is 29.1. The molecule has 0 aromatic heterocycles. The maximum Gasteiger partial charge on any atom is 0.0873 e. The van der Waals surface area contributed by atoms with Gasteiger partial charge in [0.1, 0.15) is 0 Å². The Labute approximate surface area is 149 Å². The van der Waals surface area contributed by atoms with Gasteiger partial charge in [-0.1, -0.05) is 64.5 Å². The lowest BCUT2D eigenvalue weighted by Gasteiger charge is -2.00. The van der Waals surface area contributed by atoms with Crippen LogP contribution in [0.15, 0.2) is 25.7 Å². The van der Waals surface area contributed by atoms with Crippen molar-refractivity contribution in [3.05, 3.63) is 25.7 Å². The predicted molar refractivity (Wildman–Crippen MR) is 102 cm³/mol. The first kappa shape index (κ1) is 25.2. The van der Waals surface area contributed by atoms with Crippen LogP contribution in [0.1, 0.15) is 77.0 Å². The Morgan fingerprint density at radius 2 is 0.792 bits per heavy atom. The summed E-state index contributed by atoms with van der Waals surface area (Å²) in [5.41, 5.74) is 0. The van der Waals surface area contributed by atoms with Crippen molar-refractivity contribution in [1.82, 2.24) is 0 Å². The van der Waals surface area contributed by atoms with E-state index in [0.717, 1.165) is 51.7 Å². The highest BCUT2D eigenvalue weighted by Crippen LogP contribution is 2.05. The Kier molecular flexibility index (Phi) is 28.3. The van der Waals surface area contributed by atoms with E-state index in [1.807, 2.05) is 0 Å². The lowest BCUT2D eigenvalue weighted by atomic mass is 10.1.